The Kier molecular flexibility index (Phi) is 6.80. The molecule has 0 aliphatic carbocycles. The molecular formula is C12H23NO7. The Balaban J connectivity index is 2.66. The van der Waals surface area contributed by atoms with Gasteiger partial charge in [0.05, 0.1) is 31.3 Å². The summed E-state index contributed by atoms with van der Waals surface area (Å²) in [6, 6.07) is -0.690. The summed E-state index contributed by atoms with van der Waals surface area (Å²) in [5, 5.41) is 30.7. The van der Waals surface area contributed by atoms with E-state index in [1.807, 2.05) is 0 Å². The number of aliphatic hydroxyl groups is 3. The number of nitrogens with one attached hydrogen (secondary N) is 1. The normalized spacial score (nSPS) is 35.6. The van der Waals surface area contributed by atoms with Crippen LogP contribution in [0.3, 0.4) is 0 Å². The van der Waals surface area contributed by atoms with Gasteiger partial charge < -0.3 is 34.8 Å². The summed E-state index contributed by atoms with van der Waals surface area (Å²) in [6.07, 6.45) is -4.33. The van der Waals surface area contributed by atoms with Crippen LogP contribution in [0, 0.1) is 0 Å². The third-order valence-corrected chi connectivity index (χ3v) is 3.29. The molecule has 8 nitrogen and oxygen atoms in total. The molecule has 1 fully saturated rings. The number of rotatable bonds is 6. The average Bonchev–Trinajstić information content (AvgIpc) is 2.42. The van der Waals surface area contributed by atoms with Crippen LogP contribution in [0.5, 0.6) is 0 Å². The summed E-state index contributed by atoms with van der Waals surface area (Å²) >= 11 is 0. The van der Waals surface area contributed by atoms with E-state index in [0.29, 0.717) is 0 Å². The summed E-state index contributed by atoms with van der Waals surface area (Å²) in [7, 11) is 2.85. The fraction of sp³-hybridized carbons (Fsp3) is 0.917. The third kappa shape index (κ3) is 4.11. The van der Waals surface area contributed by atoms with Gasteiger partial charge in [-0.3, -0.25) is 4.79 Å². The van der Waals surface area contributed by atoms with Gasteiger partial charge in [-0.05, 0) is 6.92 Å². The van der Waals surface area contributed by atoms with Gasteiger partial charge in [-0.2, -0.15) is 0 Å². The molecule has 0 aromatic rings. The Hall–Kier alpha value is -0.770. The van der Waals surface area contributed by atoms with Crippen molar-refractivity contribution in [2.75, 3.05) is 20.8 Å². The second kappa shape index (κ2) is 7.87. The fourth-order valence-corrected chi connectivity index (χ4v) is 2.18. The highest BCUT2D eigenvalue weighted by atomic mass is 16.7. The molecule has 0 bridgehead atoms. The summed E-state index contributed by atoms with van der Waals surface area (Å²) in [5.41, 5.74) is 0. The molecule has 0 spiro atoms. The standard InChI is InChI=1S/C12H23NO7/c1-6-9(13-8(16)4-7(15)5-14)10(17)11(18-2)12(19-3)20-6/h6-7,9-12,14-15,17H,4-5H2,1-3H3,(H,13,16). The molecule has 0 saturated carbocycles. The molecule has 1 aliphatic heterocycles. The second-order valence-corrected chi connectivity index (χ2v) is 4.77. The van der Waals surface area contributed by atoms with Gasteiger partial charge in [0.25, 0.3) is 0 Å². The van der Waals surface area contributed by atoms with Crippen LogP contribution in [0.1, 0.15) is 13.3 Å². The Morgan fingerprint density at radius 2 is 2.05 bits per heavy atom. The Labute approximate surface area is 117 Å². The molecule has 6 atom stereocenters. The molecule has 8 heteroatoms. The van der Waals surface area contributed by atoms with Crippen LogP contribution < -0.4 is 5.32 Å². The van der Waals surface area contributed by atoms with Crippen molar-refractivity contribution in [3.63, 3.8) is 0 Å². The Morgan fingerprint density at radius 1 is 1.40 bits per heavy atom. The van der Waals surface area contributed by atoms with Crippen molar-refractivity contribution in [2.24, 2.45) is 0 Å². The van der Waals surface area contributed by atoms with Crippen LogP contribution in [0.4, 0.5) is 0 Å². The largest absolute Gasteiger partial charge is 0.394 e. The van der Waals surface area contributed by atoms with Gasteiger partial charge in [-0.15, -0.1) is 0 Å². The van der Waals surface area contributed by atoms with E-state index in [1.165, 1.54) is 14.2 Å². The molecule has 1 heterocycles. The molecule has 0 radical (unpaired) electrons. The average molecular weight is 293 g/mol. The van der Waals surface area contributed by atoms with Gasteiger partial charge in [0, 0.05) is 14.2 Å². The maximum atomic E-state index is 11.7. The lowest BCUT2D eigenvalue weighted by molar-refractivity contribution is -0.269. The molecule has 118 valence electrons. The number of carbonyl (C=O) groups excluding carboxylic acids is 1. The van der Waals surface area contributed by atoms with Gasteiger partial charge >= 0.3 is 0 Å². The predicted molar refractivity (Wildman–Crippen MR) is 67.8 cm³/mol. The Morgan fingerprint density at radius 3 is 2.55 bits per heavy atom. The highest BCUT2D eigenvalue weighted by molar-refractivity contribution is 5.76. The molecule has 20 heavy (non-hydrogen) atoms. The summed E-state index contributed by atoms with van der Waals surface area (Å²) in [6.45, 7) is 1.19. The lowest BCUT2D eigenvalue weighted by Gasteiger charge is -2.42. The summed E-state index contributed by atoms with van der Waals surface area (Å²) in [5.74, 6) is -0.489. The first-order valence-corrected chi connectivity index (χ1v) is 6.42. The highest BCUT2D eigenvalue weighted by Gasteiger charge is 2.44. The van der Waals surface area contributed by atoms with E-state index in [2.05, 4.69) is 5.32 Å². The fourth-order valence-electron chi connectivity index (χ4n) is 2.18. The minimum atomic E-state index is -1.13. The van der Waals surface area contributed by atoms with Crippen molar-refractivity contribution in [1.29, 1.82) is 0 Å². The van der Waals surface area contributed by atoms with E-state index < -0.39 is 49.3 Å². The van der Waals surface area contributed by atoms with E-state index in [0.717, 1.165) is 0 Å². The van der Waals surface area contributed by atoms with E-state index in [9.17, 15) is 15.0 Å². The molecule has 0 aromatic heterocycles. The molecule has 0 aromatic carbocycles. The smallest absolute Gasteiger partial charge is 0.223 e. The number of amides is 1. The summed E-state index contributed by atoms with van der Waals surface area (Å²) < 4.78 is 15.7. The van der Waals surface area contributed by atoms with Crippen molar-refractivity contribution >= 4 is 5.91 Å². The minimum absolute atomic E-state index is 0.252. The molecule has 1 rings (SSSR count). The van der Waals surface area contributed by atoms with Gasteiger partial charge in [0.1, 0.15) is 12.2 Å². The molecule has 4 N–H and O–H groups in total. The zero-order valence-electron chi connectivity index (χ0n) is 11.9. The van der Waals surface area contributed by atoms with Crippen LogP contribution in [-0.4, -0.2) is 78.8 Å². The minimum Gasteiger partial charge on any atom is -0.394 e. The van der Waals surface area contributed by atoms with Crippen LogP contribution in [-0.2, 0) is 19.0 Å². The monoisotopic (exact) mass is 293 g/mol. The molecular weight excluding hydrogens is 270 g/mol. The third-order valence-electron chi connectivity index (χ3n) is 3.29. The van der Waals surface area contributed by atoms with Gasteiger partial charge in [0.2, 0.25) is 5.91 Å². The first-order chi connectivity index (χ1) is 9.44. The van der Waals surface area contributed by atoms with Crippen molar-refractivity contribution in [3.05, 3.63) is 0 Å². The van der Waals surface area contributed by atoms with Crippen LogP contribution in [0.25, 0.3) is 0 Å². The quantitative estimate of drug-likeness (QED) is 0.446. The Bertz CT molecular complexity index is 314. The van der Waals surface area contributed by atoms with Crippen LogP contribution >= 0.6 is 0 Å². The van der Waals surface area contributed by atoms with Gasteiger partial charge in [0.15, 0.2) is 6.29 Å². The van der Waals surface area contributed by atoms with Crippen molar-refractivity contribution in [2.45, 2.75) is 50.1 Å². The number of aliphatic hydroxyl groups excluding tert-OH is 3. The second-order valence-electron chi connectivity index (χ2n) is 4.77. The number of ether oxygens (including phenoxy) is 3. The SMILES string of the molecule is COC1OC(C)C(NC(=O)CC(O)CO)C(O)C1OC. The number of hydrogen-bond donors (Lipinski definition) is 4. The first-order valence-electron chi connectivity index (χ1n) is 6.42. The zero-order valence-corrected chi connectivity index (χ0v) is 11.9. The molecule has 1 aliphatic rings. The molecule has 1 saturated heterocycles. The number of carbonyl (C=O) groups is 1. The lowest BCUT2D eigenvalue weighted by atomic mass is 9.96. The maximum Gasteiger partial charge on any atom is 0.223 e. The van der Waals surface area contributed by atoms with Crippen molar-refractivity contribution in [1.82, 2.24) is 5.32 Å². The molecule has 1 amide bonds. The first kappa shape index (κ1) is 17.3. The van der Waals surface area contributed by atoms with Gasteiger partial charge in [-0.25, -0.2) is 0 Å². The van der Waals surface area contributed by atoms with Crippen LogP contribution in [0.2, 0.25) is 0 Å². The topological polar surface area (TPSA) is 117 Å². The van der Waals surface area contributed by atoms with Crippen LogP contribution in [0.15, 0.2) is 0 Å². The lowest BCUT2D eigenvalue weighted by Crippen LogP contribution is -2.63. The molecule has 6 unspecified atom stereocenters. The predicted octanol–water partition coefficient (Wildman–Crippen LogP) is -2.02. The van der Waals surface area contributed by atoms with E-state index in [-0.39, 0.29) is 6.42 Å². The van der Waals surface area contributed by atoms with Crippen molar-refractivity contribution in [3.8, 4) is 0 Å². The number of methoxy groups -OCH3 is 2. The number of hydrogen-bond acceptors (Lipinski definition) is 7. The van der Waals surface area contributed by atoms with Gasteiger partial charge in [-0.1, -0.05) is 0 Å². The maximum absolute atomic E-state index is 11.7. The van der Waals surface area contributed by atoms with E-state index in [1.54, 1.807) is 6.92 Å². The van der Waals surface area contributed by atoms with E-state index in [4.69, 9.17) is 19.3 Å². The zero-order chi connectivity index (χ0) is 15.3. The van der Waals surface area contributed by atoms with E-state index >= 15 is 0 Å². The summed E-state index contributed by atoms with van der Waals surface area (Å²) in [4.78, 5) is 11.7. The van der Waals surface area contributed by atoms with Crippen molar-refractivity contribution < 1.29 is 34.3 Å². The highest BCUT2D eigenvalue weighted by Crippen LogP contribution is 2.23.